The standard InChI is InChI=1S/C20H24N2O6/c1-12-16(18(24)28-20(2,3)4)22-14(11-26-12)15(17(22)23)21-19(25)27-10-13-8-6-5-7-9-13/h5-9,14-15H,10-11H2,1-4H3,(H,21,25)/t14-,15-/m0/s1. The molecule has 0 unspecified atom stereocenters. The maximum Gasteiger partial charge on any atom is 0.408 e. The van der Waals surface area contributed by atoms with Crippen LogP contribution < -0.4 is 5.32 Å². The van der Waals surface area contributed by atoms with E-state index in [0.29, 0.717) is 5.76 Å². The lowest BCUT2D eigenvalue weighted by Crippen LogP contribution is -2.73. The number of carbonyl (C=O) groups excluding carboxylic acids is 3. The van der Waals surface area contributed by atoms with Crippen LogP contribution >= 0.6 is 0 Å². The first-order valence-electron chi connectivity index (χ1n) is 9.04. The Morgan fingerprint density at radius 3 is 2.57 bits per heavy atom. The van der Waals surface area contributed by atoms with Gasteiger partial charge in [0.1, 0.15) is 36.7 Å². The predicted molar refractivity (Wildman–Crippen MR) is 98.7 cm³/mol. The second kappa shape index (κ2) is 7.53. The maximum absolute atomic E-state index is 12.6. The fraction of sp³-hybridized carbons (Fsp3) is 0.450. The summed E-state index contributed by atoms with van der Waals surface area (Å²) < 4.78 is 16.1. The molecule has 2 aliphatic rings. The van der Waals surface area contributed by atoms with Crippen LogP contribution in [0.4, 0.5) is 4.79 Å². The molecule has 0 saturated carbocycles. The highest BCUT2D eigenvalue weighted by atomic mass is 16.6. The molecule has 0 aromatic heterocycles. The number of β-lactam (4-membered cyclic amide) rings is 1. The fourth-order valence-electron chi connectivity index (χ4n) is 3.06. The summed E-state index contributed by atoms with van der Waals surface area (Å²) in [6.45, 7) is 7.11. The number of ether oxygens (including phenoxy) is 3. The highest BCUT2D eigenvalue weighted by molar-refractivity contribution is 6.01. The molecule has 3 rings (SSSR count). The van der Waals surface area contributed by atoms with Gasteiger partial charge in [0, 0.05) is 0 Å². The number of rotatable bonds is 4. The van der Waals surface area contributed by atoms with Gasteiger partial charge in [-0.2, -0.15) is 0 Å². The molecule has 150 valence electrons. The van der Waals surface area contributed by atoms with E-state index >= 15 is 0 Å². The Balaban J connectivity index is 1.61. The van der Waals surface area contributed by atoms with Crippen LogP contribution in [0.5, 0.6) is 0 Å². The number of benzene rings is 1. The van der Waals surface area contributed by atoms with E-state index < -0.39 is 35.7 Å². The highest BCUT2D eigenvalue weighted by Crippen LogP contribution is 2.33. The van der Waals surface area contributed by atoms with Crippen LogP contribution in [0.25, 0.3) is 0 Å². The van der Waals surface area contributed by atoms with E-state index in [1.165, 1.54) is 4.90 Å². The Kier molecular flexibility index (Phi) is 5.31. The van der Waals surface area contributed by atoms with Crippen LogP contribution in [-0.4, -0.2) is 47.2 Å². The van der Waals surface area contributed by atoms with Crippen molar-refractivity contribution in [3.05, 3.63) is 47.4 Å². The molecule has 1 fully saturated rings. The van der Waals surface area contributed by atoms with E-state index in [-0.39, 0.29) is 18.9 Å². The van der Waals surface area contributed by atoms with Gasteiger partial charge in [-0.1, -0.05) is 30.3 Å². The molecule has 2 aliphatic heterocycles. The lowest BCUT2D eigenvalue weighted by atomic mass is 9.93. The minimum absolute atomic E-state index is 0.0758. The summed E-state index contributed by atoms with van der Waals surface area (Å²) in [5.41, 5.74) is 0.210. The third kappa shape index (κ3) is 4.11. The van der Waals surface area contributed by atoms with Crippen molar-refractivity contribution in [3.8, 4) is 0 Å². The number of amides is 2. The van der Waals surface area contributed by atoms with E-state index in [2.05, 4.69) is 5.32 Å². The molecular formula is C20H24N2O6. The largest absolute Gasteiger partial charge is 0.494 e. The van der Waals surface area contributed by atoms with Crippen LogP contribution in [0, 0.1) is 0 Å². The molecule has 0 spiro atoms. The van der Waals surface area contributed by atoms with Crippen LogP contribution in [0.1, 0.15) is 33.3 Å². The number of hydrogen-bond donors (Lipinski definition) is 1. The smallest absolute Gasteiger partial charge is 0.408 e. The van der Waals surface area contributed by atoms with Gasteiger partial charge in [-0.25, -0.2) is 9.59 Å². The number of fused-ring (bicyclic) bond motifs is 1. The van der Waals surface area contributed by atoms with Gasteiger partial charge in [-0.3, -0.25) is 9.69 Å². The van der Waals surface area contributed by atoms with Gasteiger partial charge in [0.15, 0.2) is 5.70 Å². The molecule has 0 bridgehead atoms. The van der Waals surface area contributed by atoms with Gasteiger partial charge in [-0.15, -0.1) is 0 Å². The molecule has 28 heavy (non-hydrogen) atoms. The maximum atomic E-state index is 12.6. The summed E-state index contributed by atoms with van der Waals surface area (Å²) in [5, 5.41) is 2.55. The van der Waals surface area contributed by atoms with Gasteiger partial charge >= 0.3 is 12.1 Å². The summed E-state index contributed by atoms with van der Waals surface area (Å²) in [6.07, 6.45) is -0.702. The van der Waals surface area contributed by atoms with Crippen molar-refractivity contribution in [2.75, 3.05) is 6.61 Å². The summed E-state index contributed by atoms with van der Waals surface area (Å²) in [5.74, 6) is -0.706. The second-order valence-electron chi connectivity index (χ2n) is 7.68. The van der Waals surface area contributed by atoms with Gasteiger partial charge in [0.2, 0.25) is 0 Å². The summed E-state index contributed by atoms with van der Waals surface area (Å²) in [7, 11) is 0. The molecule has 1 saturated heterocycles. The highest BCUT2D eigenvalue weighted by Gasteiger charge is 2.55. The zero-order chi connectivity index (χ0) is 20.5. The van der Waals surface area contributed by atoms with Crippen LogP contribution in [-0.2, 0) is 30.4 Å². The van der Waals surface area contributed by atoms with Crippen LogP contribution in [0.3, 0.4) is 0 Å². The average Bonchev–Trinajstić information content (AvgIpc) is 2.63. The quantitative estimate of drug-likeness (QED) is 0.627. The number of nitrogens with zero attached hydrogens (tertiary/aromatic N) is 1. The molecule has 8 nitrogen and oxygen atoms in total. The number of alkyl carbamates (subject to hydrolysis) is 1. The Bertz CT molecular complexity index is 812. The molecule has 0 aliphatic carbocycles. The van der Waals surface area contributed by atoms with Gasteiger partial charge in [0.05, 0.1) is 0 Å². The number of carbonyl (C=O) groups is 3. The minimum Gasteiger partial charge on any atom is -0.494 e. The minimum atomic E-state index is -0.811. The van der Waals surface area contributed by atoms with Crippen molar-refractivity contribution in [1.29, 1.82) is 0 Å². The van der Waals surface area contributed by atoms with Crippen molar-refractivity contribution in [3.63, 3.8) is 0 Å². The fourth-order valence-corrected chi connectivity index (χ4v) is 3.06. The molecule has 1 aromatic rings. The summed E-state index contributed by atoms with van der Waals surface area (Å²) >= 11 is 0. The second-order valence-corrected chi connectivity index (χ2v) is 7.68. The number of hydrogen-bond acceptors (Lipinski definition) is 6. The van der Waals surface area contributed by atoms with E-state index in [1.807, 2.05) is 30.3 Å². The first-order chi connectivity index (χ1) is 13.2. The van der Waals surface area contributed by atoms with Crippen molar-refractivity contribution in [1.82, 2.24) is 10.2 Å². The van der Waals surface area contributed by atoms with E-state index in [0.717, 1.165) is 5.56 Å². The SMILES string of the molecule is CC1=C(C(=O)OC(C)(C)C)N2C(=O)[C@@H](NC(=O)OCc3ccccc3)[C@@H]2CO1. The average molecular weight is 388 g/mol. The zero-order valence-corrected chi connectivity index (χ0v) is 16.4. The number of esters is 1. The summed E-state index contributed by atoms with van der Waals surface area (Å²) in [4.78, 5) is 38.5. The van der Waals surface area contributed by atoms with Gasteiger partial charge in [0.25, 0.3) is 5.91 Å². The third-order valence-electron chi connectivity index (χ3n) is 4.34. The number of allylic oxidation sites excluding steroid dienone is 1. The molecule has 2 atom stereocenters. The molecular weight excluding hydrogens is 364 g/mol. The normalized spacial score (nSPS) is 21.3. The van der Waals surface area contributed by atoms with Crippen molar-refractivity contribution in [2.45, 2.75) is 52.0 Å². The predicted octanol–water partition coefficient (Wildman–Crippen LogP) is 2.10. The zero-order valence-electron chi connectivity index (χ0n) is 16.4. The first kappa shape index (κ1) is 19.7. The van der Waals surface area contributed by atoms with Gasteiger partial charge < -0.3 is 19.5 Å². The number of nitrogens with one attached hydrogen (secondary N) is 1. The van der Waals surface area contributed by atoms with E-state index in [1.54, 1.807) is 27.7 Å². The molecule has 0 radical (unpaired) electrons. The Morgan fingerprint density at radius 1 is 1.25 bits per heavy atom. The monoisotopic (exact) mass is 388 g/mol. The lowest BCUT2D eigenvalue weighted by molar-refractivity contribution is -0.165. The van der Waals surface area contributed by atoms with Crippen molar-refractivity contribution >= 4 is 18.0 Å². The van der Waals surface area contributed by atoms with E-state index in [4.69, 9.17) is 14.2 Å². The van der Waals surface area contributed by atoms with Crippen LogP contribution in [0.15, 0.2) is 41.8 Å². The van der Waals surface area contributed by atoms with Crippen molar-refractivity contribution in [2.24, 2.45) is 0 Å². The molecule has 8 heteroatoms. The molecule has 1 aromatic carbocycles. The Hall–Kier alpha value is -3.03. The molecule has 1 N–H and O–H groups in total. The Morgan fingerprint density at radius 2 is 1.93 bits per heavy atom. The first-order valence-corrected chi connectivity index (χ1v) is 9.04. The van der Waals surface area contributed by atoms with Gasteiger partial charge in [-0.05, 0) is 33.3 Å². The Labute approximate surface area is 163 Å². The summed E-state index contributed by atoms with van der Waals surface area (Å²) in [6, 6.07) is 7.92. The molecule has 2 amide bonds. The van der Waals surface area contributed by atoms with E-state index in [9.17, 15) is 14.4 Å². The van der Waals surface area contributed by atoms with Crippen molar-refractivity contribution < 1.29 is 28.6 Å². The lowest BCUT2D eigenvalue weighted by Gasteiger charge is -2.49. The molecule has 2 heterocycles. The topological polar surface area (TPSA) is 94.2 Å². The third-order valence-corrected chi connectivity index (χ3v) is 4.34. The van der Waals surface area contributed by atoms with Crippen LogP contribution in [0.2, 0.25) is 0 Å².